The molecule has 0 radical (unpaired) electrons. The lowest BCUT2D eigenvalue weighted by Crippen LogP contribution is -2.37. The number of nitrogens with one attached hydrogen (secondary N) is 2. The van der Waals surface area contributed by atoms with Gasteiger partial charge in [0.15, 0.2) is 5.96 Å². The highest BCUT2D eigenvalue weighted by molar-refractivity contribution is 14.0. The smallest absolute Gasteiger partial charge is 0.213 e. The summed E-state index contributed by atoms with van der Waals surface area (Å²) >= 11 is 0. The molecule has 7 heteroatoms. The molecule has 2 N–H and O–H groups in total. The summed E-state index contributed by atoms with van der Waals surface area (Å²) in [6, 6.07) is 4.35. The van der Waals surface area contributed by atoms with Gasteiger partial charge in [0.1, 0.15) is 6.61 Å². The maximum Gasteiger partial charge on any atom is 0.213 e. The normalized spacial score (nSPS) is 17.0. The summed E-state index contributed by atoms with van der Waals surface area (Å²) in [6.07, 6.45) is 1.77. The van der Waals surface area contributed by atoms with Crippen molar-refractivity contribution < 1.29 is 4.74 Å². The van der Waals surface area contributed by atoms with Gasteiger partial charge >= 0.3 is 0 Å². The minimum Gasteiger partial charge on any atom is -0.476 e. The Morgan fingerprint density at radius 2 is 2.29 bits per heavy atom. The van der Waals surface area contributed by atoms with E-state index < -0.39 is 0 Å². The van der Waals surface area contributed by atoms with Crippen LogP contribution in [0.15, 0.2) is 23.3 Å². The van der Waals surface area contributed by atoms with Gasteiger partial charge in [-0.15, -0.1) is 24.0 Å². The van der Waals surface area contributed by atoms with E-state index in [-0.39, 0.29) is 24.0 Å². The zero-order valence-electron chi connectivity index (χ0n) is 12.8. The Labute approximate surface area is 143 Å². The fraction of sp³-hybridized carbons (Fsp3) is 0.571. The highest BCUT2D eigenvalue weighted by Crippen LogP contribution is 2.09. The molecule has 0 saturated carbocycles. The van der Waals surface area contributed by atoms with Crippen LogP contribution < -0.4 is 15.4 Å². The number of nitrogens with zero attached hydrogens (tertiary/aromatic N) is 3. The van der Waals surface area contributed by atoms with Gasteiger partial charge in [-0.3, -0.25) is 4.99 Å². The molecule has 118 valence electrons. The third-order valence-electron chi connectivity index (χ3n) is 2.95. The molecule has 1 aliphatic heterocycles. The molecule has 0 aromatic carbocycles. The minimum atomic E-state index is 0. The molecular weight excluding hydrogens is 381 g/mol. The molecule has 0 bridgehead atoms. The molecule has 1 aliphatic rings. The van der Waals surface area contributed by atoms with Gasteiger partial charge in [0.2, 0.25) is 5.88 Å². The van der Waals surface area contributed by atoms with Crippen LogP contribution >= 0.6 is 24.0 Å². The number of likely N-dealkylation sites (N-methyl/N-ethyl adjacent to an activating group) is 1. The van der Waals surface area contributed by atoms with Crippen molar-refractivity contribution in [3.8, 4) is 5.88 Å². The number of ether oxygens (including phenoxy) is 1. The fourth-order valence-corrected chi connectivity index (χ4v) is 1.82. The maximum absolute atomic E-state index is 5.62. The van der Waals surface area contributed by atoms with Gasteiger partial charge in [0, 0.05) is 31.4 Å². The Morgan fingerprint density at radius 1 is 1.48 bits per heavy atom. The van der Waals surface area contributed by atoms with Crippen LogP contribution in [0.2, 0.25) is 0 Å². The zero-order chi connectivity index (χ0) is 14.4. The van der Waals surface area contributed by atoms with E-state index in [1.54, 1.807) is 6.20 Å². The standard InChI is InChI=1S/C14H23N5O.HI/c1-11-9-16-14(18-11)17-10-12-4-5-15-13(8-12)20-7-6-19(2)3;/h4-5,8,11H,6-7,9-10H2,1-3H3,(H2,16,17,18);1H. The van der Waals surface area contributed by atoms with Gasteiger partial charge in [0.05, 0.1) is 6.54 Å². The Kier molecular flexibility index (Phi) is 7.73. The summed E-state index contributed by atoms with van der Waals surface area (Å²) in [7, 11) is 4.04. The first-order valence-electron chi connectivity index (χ1n) is 6.91. The molecular formula is C14H24IN5O. The zero-order valence-corrected chi connectivity index (χ0v) is 15.1. The van der Waals surface area contributed by atoms with Crippen LogP contribution in [0, 0.1) is 0 Å². The van der Waals surface area contributed by atoms with E-state index in [9.17, 15) is 0 Å². The lowest BCUT2D eigenvalue weighted by atomic mass is 10.2. The van der Waals surface area contributed by atoms with Crippen LogP contribution in [0.25, 0.3) is 0 Å². The van der Waals surface area contributed by atoms with E-state index >= 15 is 0 Å². The summed E-state index contributed by atoms with van der Waals surface area (Å²) in [4.78, 5) is 10.7. The van der Waals surface area contributed by atoms with Gasteiger partial charge in [0.25, 0.3) is 0 Å². The second-order valence-electron chi connectivity index (χ2n) is 5.24. The molecule has 0 saturated heterocycles. The Hall–Kier alpha value is -1.09. The van der Waals surface area contributed by atoms with Crippen LogP contribution in [-0.2, 0) is 6.54 Å². The number of hydrogen-bond acceptors (Lipinski definition) is 6. The summed E-state index contributed by atoms with van der Waals surface area (Å²) in [6.45, 7) is 5.18. The van der Waals surface area contributed by atoms with Crippen LogP contribution in [0.1, 0.15) is 12.5 Å². The molecule has 6 nitrogen and oxygen atoms in total. The molecule has 0 amide bonds. The molecule has 2 heterocycles. The predicted octanol–water partition coefficient (Wildman–Crippen LogP) is 1.08. The topological polar surface area (TPSA) is 61.8 Å². The fourth-order valence-electron chi connectivity index (χ4n) is 1.82. The summed E-state index contributed by atoms with van der Waals surface area (Å²) in [5.41, 5.74) is 1.13. The number of rotatable bonds is 6. The van der Waals surface area contributed by atoms with E-state index in [0.29, 0.717) is 25.1 Å². The van der Waals surface area contributed by atoms with Gasteiger partial charge in [-0.05, 0) is 32.6 Å². The number of halogens is 1. The van der Waals surface area contributed by atoms with Crippen molar-refractivity contribution >= 4 is 29.9 Å². The SMILES string of the molecule is CC1CN=C(NCc2ccnc(OCCN(C)C)c2)N1.I. The van der Waals surface area contributed by atoms with E-state index in [1.807, 2.05) is 26.2 Å². The largest absolute Gasteiger partial charge is 0.476 e. The predicted molar refractivity (Wildman–Crippen MR) is 95.4 cm³/mol. The molecule has 1 aromatic heterocycles. The first-order chi connectivity index (χ1) is 9.63. The lowest BCUT2D eigenvalue weighted by molar-refractivity contribution is 0.253. The van der Waals surface area contributed by atoms with Crippen LogP contribution in [0.5, 0.6) is 5.88 Å². The number of guanidine groups is 1. The van der Waals surface area contributed by atoms with Crippen molar-refractivity contribution in [3.63, 3.8) is 0 Å². The van der Waals surface area contributed by atoms with Gasteiger partial charge in [-0.25, -0.2) is 4.98 Å². The molecule has 2 rings (SSSR count). The van der Waals surface area contributed by atoms with E-state index in [0.717, 1.165) is 24.6 Å². The molecule has 0 aliphatic carbocycles. The van der Waals surface area contributed by atoms with E-state index in [1.165, 1.54) is 0 Å². The lowest BCUT2D eigenvalue weighted by Gasteiger charge is -2.12. The highest BCUT2D eigenvalue weighted by Gasteiger charge is 2.11. The average molecular weight is 405 g/mol. The highest BCUT2D eigenvalue weighted by atomic mass is 127. The Balaban J connectivity index is 0.00000220. The summed E-state index contributed by atoms with van der Waals surface area (Å²) in [5, 5.41) is 6.55. The van der Waals surface area contributed by atoms with Crippen LogP contribution in [-0.4, -0.2) is 55.7 Å². The second-order valence-corrected chi connectivity index (χ2v) is 5.24. The van der Waals surface area contributed by atoms with Crippen LogP contribution in [0.3, 0.4) is 0 Å². The van der Waals surface area contributed by atoms with E-state index in [4.69, 9.17) is 4.74 Å². The van der Waals surface area contributed by atoms with Crippen molar-refractivity contribution in [1.82, 2.24) is 20.5 Å². The van der Waals surface area contributed by atoms with Gasteiger partial charge < -0.3 is 20.3 Å². The third-order valence-corrected chi connectivity index (χ3v) is 2.95. The van der Waals surface area contributed by atoms with Crippen molar-refractivity contribution in [1.29, 1.82) is 0 Å². The molecule has 1 aromatic rings. The number of hydrogen-bond donors (Lipinski definition) is 2. The minimum absolute atomic E-state index is 0. The first kappa shape index (κ1) is 18.0. The molecule has 0 fully saturated rings. The van der Waals surface area contributed by atoms with Crippen molar-refractivity contribution in [2.45, 2.75) is 19.5 Å². The molecule has 0 spiro atoms. The molecule has 1 atom stereocenters. The number of pyridine rings is 1. The molecule has 21 heavy (non-hydrogen) atoms. The third kappa shape index (κ3) is 6.47. The first-order valence-corrected chi connectivity index (χ1v) is 6.91. The number of aromatic nitrogens is 1. The average Bonchev–Trinajstić information content (AvgIpc) is 2.82. The van der Waals surface area contributed by atoms with Gasteiger partial charge in [-0.1, -0.05) is 0 Å². The van der Waals surface area contributed by atoms with Crippen molar-refractivity contribution in [2.24, 2.45) is 4.99 Å². The van der Waals surface area contributed by atoms with Crippen molar-refractivity contribution in [2.75, 3.05) is 33.8 Å². The Bertz CT molecular complexity index is 466. The summed E-state index contributed by atoms with van der Waals surface area (Å²) < 4.78 is 5.62. The van der Waals surface area contributed by atoms with Gasteiger partial charge in [-0.2, -0.15) is 0 Å². The maximum atomic E-state index is 5.62. The van der Waals surface area contributed by atoms with Crippen LogP contribution in [0.4, 0.5) is 0 Å². The monoisotopic (exact) mass is 405 g/mol. The van der Waals surface area contributed by atoms with Crippen molar-refractivity contribution in [3.05, 3.63) is 23.9 Å². The molecule has 1 unspecified atom stereocenters. The van der Waals surface area contributed by atoms with E-state index in [2.05, 4.69) is 32.4 Å². The second kappa shape index (κ2) is 9.04. The quantitative estimate of drug-likeness (QED) is 0.694. The number of aliphatic imine (C=N–C) groups is 1. The summed E-state index contributed by atoms with van der Waals surface area (Å²) in [5.74, 6) is 1.53. The Morgan fingerprint density at radius 3 is 2.95 bits per heavy atom.